The number of hydrogen-bond acceptors (Lipinski definition) is 12. The van der Waals surface area contributed by atoms with Crippen molar-refractivity contribution in [1.29, 1.82) is 0 Å². The van der Waals surface area contributed by atoms with Gasteiger partial charge in [0.2, 0.25) is 18.2 Å². The van der Waals surface area contributed by atoms with Crippen molar-refractivity contribution in [2.24, 2.45) is 0 Å². The van der Waals surface area contributed by atoms with E-state index in [0.717, 1.165) is 31.4 Å². The van der Waals surface area contributed by atoms with Gasteiger partial charge in [0.15, 0.2) is 0 Å². The maximum absolute atomic E-state index is 14.7. The summed E-state index contributed by atoms with van der Waals surface area (Å²) in [5.41, 5.74) is 1.16. The van der Waals surface area contributed by atoms with Gasteiger partial charge < -0.3 is 45.7 Å². The van der Waals surface area contributed by atoms with Crippen molar-refractivity contribution >= 4 is 75.1 Å². The van der Waals surface area contributed by atoms with Crippen molar-refractivity contribution < 1.29 is 43.0 Å². The molecule has 5 amide bonds. The predicted molar refractivity (Wildman–Crippen MR) is 279 cm³/mol. The third-order valence-corrected chi connectivity index (χ3v) is 12.7. The second kappa shape index (κ2) is 26.7. The molecule has 0 fully saturated rings. The van der Waals surface area contributed by atoms with Gasteiger partial charge in [0.05, 0.1) is 11.6 Å². The Bertz CT molecular complexity index is 2450. The van der Waals surface area contributed by atoms with Gasteiger partial charge in [-0.3, -0.25) is 19.0 Å². The van der Waals surface area contributed by atoms with E-state index in [4.69, 9.17) is 14.2 Å². The standard InChI is InChI=1S/C52H73BrN8O9S/c1-34(29-36-32-61(49(67)70-52(8,9)10)42-24-13-12-20-37(36)42)60(11)46(64)41(22-14-15-26-56-47(65)68-50(2,3)4)59-44(63)40(23-18-28-57-48(66)69-51(5,6)7)58-30-35-19-17-27-55-45(35)71-43-25-16-21-39(53)38(43)31-54-33-62/h12-13,16-17,19-21,24-25,27,32-34,40-41,58H,14-15,18,22-23,26,28-31H2,1-11H3,(H,54,62)(H,56,65)(H,57,66)(H,59,63). The van der Waals surface area contributed by atoms with Crippen LogP contribution in [-0.4, -0.2) is 106 Å². The highest BCUT2D eigenvalue weighted by Crippen LogP contribution is 2.35. The summed E-state index contributed by atoms with van der Waals surface area (Å²) >= 11 is 5.03. The third-order valence-electron chi connectivity index (χ3n) is 10.8. The Morgan fingerprint density at radius 2 is 1.41 bits per heavy atom. The molecule has 0 radical (unpaired) electrons. The molecular formula is C52H73BrN8O9S. The quantitative estimate of drug-likeness (QED) is 0.0268. The first-order chi connectivity index (χ1) is 33.4. The number of amides is 5. The minimum Gasteiger partial charge on any atom is -0.444 e. The predicted octanol–water partition coefficient (Wildman–Crippen LogP) is 9.01. The van der Waals surface area contributed by atoms with Gasteiger partial charge in [-0.2, -0.15) is 0 Å². The molecule has 3 unspecified atom stereocenters. The number of benzene rings is 2. The first-order valence-electron chi connectivity index (χ1n) is 24.0. The molecule has 0 bridgehead atoms. The van der Waals surface area contributed by atoms with E-state index in [1.807, 2.05) is 82.3 Å². The maximum Gasteiger partial charge on any atom is 0.419 e. The summed E-state index contributed by atoms with van der Waals surface area (Å²) in [6.45, 7) is 19.1. The lowest BCUT2D eigenvalue weighted by atomic mass is 10.0. The van der Waals surface area contributed by atoms with E-state index < -0.39 is 53.1 Å². The van der Waals surface area contributed by atoms with Crippen LogP contribution in [0, 0.1) is 0 Å². The second-order valence-electron chi connectivity index (χ2n) is 20.3. The lowest BCUT2D eigenvalue weighted by molar-refractivity contribution is -0.137. The van der Waals surface area contributed by atoms with Gasteiger partial charge in [-0.1, -0.05) is 58.0 Å². The van der Waals surface area contributed by atoms with E-state index in [9.17, 15) is 28.8 Å². The maximum atomic E-state index is 14.7. The van der Waals surface area contributed by atoms with E-state index >= 15 is 0 Å². The number of hydrogen-bond donors (Lipinski definition) is 5. The van der Waals surface area contributed by atoms with Crippen molar-refractivity contribution in [1.82, 2.24) is 41.0 Å². The molecule has 5 N–H and O–H groups in total. The van der Waals surface area contributed by atoms with Crippen molar-refractivity contribution in [2.45, 2.75) is 166 Å². The number of pyridine rings is 1. The number of unbranched alkanes of at least 4 members (excludes halogenated alkanes) is 1. The van der Waals surface area contributed by atoms with Crippen LogP contribution in [0.4, 0.5) is 14.4 Å². The van der Waals surface area contributed by atoms with Crippen LogP contribution in [-0.2, 0) is 48.1 Å². The van der Waals surface area contributed by atoms with Gasteiger partial charge in [0, 0.05) is 66.4 Å². The number of nitrogens with one attached hydrogen (secondary N) is 5. The Morgan fingerprint density at radius 1 is 0.775 bits per heavy atom. The number of fused-ring (bicyclic) bond motifs is 1. The topological polar surface area (TPSA) is 211 Å². The number of rotatable bonds is 23. The molecule has 17 nitrogen and oxygen atoms in total. The molecule has 0 aliphatic heterocycles. The number of nitrogens with zero attached hydrogens (tertiary/aromatic N) is 3. The molecule has 0 aliphatic carbocycles. The van der Waals surface area contributed by atoms with Crippen LogP contribution in [0.25, 0.3) is 10.9 Å². The molecule has 3 atom stereocenters. The Morgan fingerprint density at radius 3 is 2.06 bits per heavy atom. The van der Waals surface area contributed by atoms with E-state index in [2.05, 4.69) is 47.5 Å². The minimum absolute atomic E-state index is 0.229. The molecule has 2 heterocycles. The van der Waals surface area contributed by atoms with Crippen LogP contribution >= 0.6 is 27.7 Å². The normalized spacial score (nSPS) is 13.1. The average molecular weight is 1070 g/mol. The number of likely N-dealkylation sites (N-methyl/N-ethyl adjacent to an activating group) is 1. The van der Waals surface area contributed by atoms with Gasteiger partial charge in [0.25, 0.3) is 0 Å². The highest BCUT2D eigenvalue weighted by atomic mass is 79.9. The molecule has 0 saturated heterocycles. The zero-order chi connectivity index (χ0) is 52.5. The monoisotopic (exact) mass is 1060 g/mol. The summed E-state index contributed by atoms with van der Waals surface area (Å²) in [6, 6.07) is 14.9. The summed E-state index contributed by atoms with van der Waals surface area (Å²) in [6.07, 6.45) is 4.80. The Labute approximate surface area is 431 Å². The first-order valence-corrected chi connectivity index (χ1v) is 25.6. The molecule has 71 heavy (non-hydrogen) atoms. The van der Waals surface area contributed by atoms with Crippen molar-refractivity contribution in [2.75, 3.05) is 20.1 Å². The van der Waals surface area contributed by atoms with Crippen LogP contribution in [0.3, 0.4) is 0 Å². The van der Waals surface area contributed by atoms with E-state index in [-0.39, 0.29) is 37.9 Å². The molecule has 0 saturated carbocycles. The fourth-order valence-corrected chi connectivity index (χ4v) is 9.06. The lowest BCUT2D eigenvalue weighted by Crippen LogP contribution is -2.54. The number of para-hydroxylation sites is 1. The number of aromatic nitrogens is 2. The van der Waals surface area contributed by atoms with Crippen LogP contribution < -0.4 is 26.6 Å². The molecule has 0 aliphatic rings. The third kappa shape index (κ3) is 19.5. The molecule has 19 heteroatoms. The zero-order valence-electron chi connectivity index (χ0n) is 43.0. The van der Waals surface area contributed by atoms with Crippen molar-refractivity contribution in [3.05, 3.63) is 88.2 Å². The van der Waals surface area contributed by atoms with Gasteiger partial charge >= 0.3 is 18.3 Å². The van der Waals surface area contributed by atoms with Crippen molar-refractivity contribution in [3.8, 4) is 0 Å². The summed E-state index contributed by atoms with van der Waals surface area (Å²) in [5.74, 6) is -0.728. The number of halogens is 1. The average Bonchev–Trinajstić information content (AvgIpc) is 3.64. The SMILES string of the molecule is CC(Cc1cn(C(=O)OC(C)(C)C)c2ccccc12)N(C)C(=O)C(CCCCNC(=O)OC(C)(C)C)NC(=O)C(CCCNC(=O)OC(C)(C)C)NCc1cccnc1Sc1cccc(Br)c1CNC=O. The number of carbonyl (C=O) groups excluding carboxylic acids is 6. The molecule has 4 aromatic rings. The molecule has 4 rings (SSSR count). The van der Waals surface area contributed by atoms with Gasteiger partial charge in [0.1, 0.15) is 27.9 Å². The van der Waals surface area contributed by atoms with Crippen LogP contribution in [0.2, 0.25) is 0 Å². The Balaban J connectivity index is 1.60. The van der Waals surface area contributed by atoms with Crippen molar-refractivity contribution in [3.63, 3.8) is 0 Å². The first kappa shape index (κ1) is 57.9. The van der Waals surface area contributed by atoms with Gasteiger partial charge in [-0.15, -0.1) is 0 Å². The fourth-order valence-electron chi connectivity index (χ4n) is 7.38. The molecule has 0 spiro atoms. The molecule has 388 valence electrons. The van der Waals surface area contributed by atoms with Crippen LogP contribution in [0.5, 0.6) is 0 Å². The van der Waals surface area contributed by atoms with E-state index in [1.54, 1.807) is 65.9 Å². The summed E-state index contributed by atoms with van der Waals surface area (Å²) in [7, 11) is 1.70. The highest BCUT2D eigenvalue weighted by Gasteiger charge is 2.31. The molecular weight excluding hydrogens is 993 g/mol. The number of carbonyl (C=O) groups is 6. The number of alkyl carbamates (subject to hydrolysis) is 2. The highest BCUT2D eigenvalue weighted by molar-refractivity contribution is 9.10. The zero-order valence-corrected chi connectivity index (χ0v) is 45.4. The summed E-state index contributed by atoms with van der Waals surface area (Å²) < 4.78 is 18.8. The van der Waals surface area contributed by atoms with E-state index in [0.29, 0.717) is 55.7 Å². The Kier molecular flexibility index (Phi) is 21.8. The van der Waals surface area contributed by atoms with Crippen LogP contribution in [0.15, 0.2) is 81.4 Å². The van der Waals surface area contributed by atoms with Gasteiger partial charge in [-0.05, 0) is 149 Å². The molecule has 2 aromatic heterocycles. The smallest absolute Gasteiger partial charge is 0.419 e. The lowest BCUT2D eigenvalue weighted by Gasteiger charge is -2.31. The summed E-state index contributed by atoms with van der Waals surface area (Å²) in [5, 5.41) is 16.3. The molecule has 2 aromatic carbocycles. The second-order valence-corrected chi connectivity index (χ2v) is 22.2. The van der Waals surface area contributed by atoms with Crippen LogP contribution in [0.1, 0.15) is 118 Å². The Hall–Kier alpha value is -5.66. The van der Waals surface area contributed by atoms with Gasteiger partial charge in [-0.25, -0.2) is 19.4 Å². The van der Waals surface area contributed by atoms with E-state index in [1.165, 1.54) is 16.3 Å². The fraction of sp³-hybridized carbons (Fsp3) is 0.519. The summed E-state index contributed by atoms with van der Waals surface area (Å²) in [4.78, 5) is 85.9. The minimum atomic E-state index is -0.955. The number of ether oxygens (including phenoxy) is 3. The largest absolute Gasteiger partial charge is 0.444 e.